The van der Waals surface area contributed by atoms with Crippen LogP contribution in [0.1, 0.15) is 15.9 Å². The number of anilines is 1. The lowest BCUT2D eigenvalue weighted by Crippen LogP contribution is -2.05. The summed E-state index contributed by atoms with van der Waals surface area (Å²) in [6.45, 7) is 0.260. The molecule has 0 bridgehead atoms. The molecule has 0 radical (unpaired) electrons. The SMILES string of the molecule is Nc1ccc(C(=O)OCc2ccc(Br)cc2)cc1. The Bertz CT molecular complexity index is 535. The Labute approximate surface area is 114 Å². The first-order valence-electron chi connectivity index (χ1n) is 5.42. The third-order valence-electron chi connectivity index (χ3n) is 2.43. The molecule has 0 spiro atoms. The predicted molar refractivity (Wildman–Crippen MR) is 74.1 cm³/mol. The molecular formula is C14H12BrNO2. The number of nitrogen functional groups attached to an aromatic ring is 1. The number of carbonyl (C=O) groups excluding carboxylic acids is 1. The summed E-state index contributed by atoms with van der Waals surface area (Å²) in [5.41, 5.74) is 7.62. The van der Waals surface area contributed by atoms with Crippen LogP contribution in [0.5, 0.6) is 0 Å². The van der Waals surface area contributed by atoms with Crippen LogP contribution in [0.2, 0.25) is 0 Å². The van der Waals surface area contributed by atoms with Crippen LogP contribution in [0.15, 0.2) is 53.0 Å². The summed E-state index contributed by atoms with van der Waals surface area (Å²) in [6.07, 6.45) is 0. The predicted octanol–water partition coefficient (Wildman–Crippen LogP) is 3.39. The van der Waals surface area contributed by atoms with Crippen LogP contribution in [0.3, 0.4) is 0 Å². The first kappa shape index (κ1) is 12.6. The van der Waals surface area contributed by atoms with Gasteiger partial charge in [0.05, 0.1) is 5.56 Å². The number of ether oxygens (including phenoxy) is 1. The molecule has 92 valence electrons. The van der Waals surface area contributed by atoms with E-state index in [4.69, 9.17) is 10.5 Å². The van der Waals surface area contributed by atoms with E-state index in [0.717, 1.165) is 10.0 Å². The fourth-order valence-electron chi connectivity index (χ4n) is 1.43. The van der Waals surface area contributed by atoms with Gasteiger partial charge in [-0.05, 0) is 42.0 Å². The highest BCUT2D eigenvalue weighted by Crippen LogP contribution is 2.12. The van der Waals surface area contributed by atoms with E-state index in [1.54, 1.807) is 24.3 Å². The van der Waals surface area contributed by atoms with Crippen molar-refractivity contribution in [3.63, 3.8) is 0 Å². The van der Waals surface area contributed by atoms with Crippen molar-refractivity contribution in [1.29, 1.82) is 0 Å². The van der Waals surface area contributed by atoms with Gasteiger partial charge in [0, 0.05) is 10.2 Å². The number of hydrogen-bond donors (Lipinski definition) is 1. The molecule has 2 N–H and O–H groups in total. The average Bonchev–Trinajstić information content (AvgIpc) is 2.38. The maximum absolute atomic E-state index is 11.7. The van der Waals surface area contributed by atoms with Crippen molar-refractivity contribution in [1.82, 2.24) is 0 Å². The van der Waals surface area contributed by atoms with Gasteiger partial charge < -0.3 is 10.5 Å². The Morgan fingerprint density at radius 2 is 1.67 bits per heavy atom. The highest BCUT2D eigenvalue weighted by Gasteiger charge is 2.06. The second-order valence-corrected chi connectivity index (χ2v) is 4.74. The third kappa shape index (κ3) is 3.34. The van der Waals surface area contributed by atoms with Gasteiger partial charge in [-0.3, -0.25) is 0 Å². The van der Waals surface area contributed by atoms with Crippen molar-refractivity contribution in [3.8, 4) is 0 Å². The van der Waals surface area contributed by atoms with Crippen molar-refractivity contribution < 1.29 is 9.53 Å². The van der Waals surface area contributed by atoms with Crippen molar-refractivity contribution in [2.75, 3.05) is 5.73 Å². The van der Waals surface area contributed by atoms with E-state index in [1.807, 2.05) is 24.3 Å². The zero-order valence-corrected chi connectivity index (χ0v) is 11.2. The summed E-state index contributed by atoms with van der Waals surface area (Å²) in [5.74, 6) is -0.349. The number of nitrogens with two attached hydrogens (primary N) is 1. The Hall–Kier alpha value is -1.81. The molecule has 3 nitrogen and oxygen atoms in total. The Kier molecular flexibility index (Phi) is 3.99. The number of halogens is 1. The molecule has 4 heteroatoms. The minimum absolute atomic E-state index is 0.260. The second-order valence-electron chi connectivity index (χ2n) is 3.82. The standard InChI is InChI=1S/C14H12BrNO2/c15-12-5-1-10(2-6-12)9-18-14(17)11-3-7-13(16)8-4-11/h1-8H,9,16H2. The number of carbonyl (C=O) groups is 1. The monoisotopic (exact) mass is 305 g/mol. The maximum atomic E-state index is 11.7. The molecule has 0 aliphatic heterocycles. The fraction of sp³-hybridized carbons (Fsp3) is 0.0714. The molecule has 18 heavy (non-hydrogen) atoms. The summed E-state index contributed by atoms with van der Waals surface area (Å²) in [4.78, 5) is 11.7. The Morgan fingerprint density at radius 1 is 1.06 bits per heavy atom. The van der Waals surface area contributed by atoms with E-state index in [9.17, 15) is 4.79 Å². The van der Waals surface area contributed by atoms with Gasteiger partial charge in [-0.15, -0.1) is 0 Å². The molecule has 0 unspecified atom stereocenters. The highest BCUT2D eigenvalue weighted by atomic mass is 79.9. The smallest absolute Gasteiger partial charge is 0.338 e. The van der Waals surface area contributed by atoms with E-state index in [2.05, 4.69) is 15.9 Å². The van der Waals surface area contributed by atoms with Gasteiger partial charge in [0.2, 0.25) is 0 Å². The first-order valence-corrected chi connectivity index (χ1v) is 6.21. The van der Waals surface area contributed by atoms with Crippen LogP contribution in [-0.4, -0.2) is 5.97 Å². The Morgan fingerprint density at radius 3 is 2.28 bits per heavy atom. The molecule has 0 aliphatic rings. The van der Waals surface area contributed by atoms with E-state index < -0.39 is 0 Å². The van der Waals surface area contributed by atoms with Crippen LogP contribution < -0.4 is 5.73 Å². The van der Waals surface area contributed by atoms with E-state index in [-0.39, 0.29) is 12.6 Å². The summed E-state index contributed by atoms with van der Waals surface area (Å²) in [6, 6.07) is 14.3. The maximum Gasteiger partial charge on any atom is 0.338 e. The molecule has 0 heterocycles. The molecule has 2 aromatic rings. The van der Waals surface area contributed by atoms with Gasteiger partial charge in [-0.2, -0.15) is 0 Å². The molecule has 2 aromatic carbocycles. The van der Waals surface area contributed by atoms with Gasteiger partial charge in [-0.1, -0.05) is 28.1 Å². The van der Waals surface area contributed by atoms with Crippen LogP contribution in [0.25, 0.3) is 0 Å². The summed E-state index contributed by atoms with van der Waals surface area (Å²) >= 11 is 3.35. The zero-order valence-electron chi connectivity index (χ0n) is 9.60. The minimum atomic E-state index is -0.349. The summed E-state index contributed by atoms with van der Waals surface area (Å²) in [7, 11) is 0. The van der Waals surface area contributed by atoms with Gasteiger partial charge in [0.25, 0.3) is 0 Å². The molecule has 0 aliphatic carbocycles. The summed E-state index contributed by atoms with van der Waals surface area (Å²) in [5, 5.41) is 0. The lowest BCUT2D eigenvalue weighted by atomic mass is 10.2. The number of benzene rings is 2. The van der Waals surface area contributed by atoms with Crippen LogP contribution in [0, 0.1) is 0 Å². The lowest BCUT2D eigenvalue weighted by Gasteiger charge is -2.05. The van der Waals surface area contributed by atoms with E-state index in [1.165, 1.54) is 0 Å². The normalized spacial score (nSPS) is 10.1. The third-order valence-corrected chi connectivity index (χ3v) is 2.96. The number of hydrogen-bond acceptors (Lipinski definition) is 3. The fourth-order valence-corrected chi connectivity index (χ4v) is 1.70. The van der Waals surface area contributed by atoms with Crippen LogP contribution in [0.4, 0.5) is 5.69 Å². The molecule has 0 saturated heterocycles. The Balaban J connectivity index is 1.96. The van der Waals surface area contributed by atoms with Gasteiger partial charge in [0.15, 0.2) is 0 Å². The molecule has 0 fully saturated rings. The topological polar surface area (TPSA) is 52.3 Å². The largest absolute Gasteiger partial charge is 0.457 e. The first-order chi connectivity index (χ1) is 8.65. The molecular weight excluding hydrogens is 294 g/mol. The number of esters is 1. The molecule has 0 amide bonds. The minimum Gasteiger partial charge on any atom is -0.457 e. The van der Waals surface area contributed by atoms with Gasteiger partial charge in [0.1, 0.15) is 6.61 Å². The molecule has 0 aromatic heterocycles. The van der Waals surface area contributed by atoms with Crippen LogP contribution in [-0.2, 0) is 11.3 Å². The van der Waals surface area contributed by atoms with Crippen molar-refractivity contribution in [3.05, 3.63) is 64.1 Å². The van der Waals surface area contributed by atoms with Gasteiger partial charge in [-0.25, -0.2) is 4.79 Å². The molecule has 0 saturated carbocycles. The number of rotatable bonds is 3. The van der Waals surface area contributed by atoms with Crippen molar-refractivity contribution in [2.45, 2.75) is 6.61 Å². The van der Waals surface area contributed by atoms with Crippen LogP contribution >= 0.6 is 15.9 Å². The highest BCUT2D eigenvalue weighted by molar-refractivity contribution is 9.10. The summed E-state index contributed by atoms with van der Waals surface area (Å²) < 4.78 is 6.20. The van der Waals surface area contributed by atoms with E-state index in [0.29, 0.717) is 11.3 Å². The molecule has 2 rings (SSSR count). The van der Waals surface area contributed by atoms with Crippen molar-refractivity contribution >= 4 is 27.6 Å². The zero-order chi connectivity index (χ0) is 13.0. The quantitative estimate of drug-likeness (QED) is 0.698. The lowest BCUT2D eigenvalue weighted by molar-refractivity contribution is 0.0473. The molecule has 0 atom stereocenters. The second kappa shape index (κ2) is 5.69. The van der Waals surface area contributed by atoms with Crippen molar-refractivity contribution in [2.24, 2.45) is 0 Å². The van der Waals surface area contributed by atoms with Gasteiger partial charge >= 0.3 is 5.97 Å². The van der Waals surface area contributed by atoms with E-state index >= 15 is 0 Å². The average molecular weight is 306 g/mol.